The number of amides is 1. The number of hydrogen-bond acceptors (Lipinski definition) is 7. The van der Waals surface area contributed by atoms with E-state index >= 15 is 0 Å². The highest BCUT2D eigenvalue weighted by Crippen LogP contribution is 2.29. The summed E-state index contributed by atoms with van der Waals surface area (Å²) >= 11 is 6.19. The molecule has 2 aromatic rings. The van der Waals surface area contributed by atoms with E-state index in [2.05, 4.69) is 22.1 Å². The fraction of sp³-hybridized carbons (Fsp3) is 0.278. The van der Waals surface area contributed by atoms with Crippen LogP contribution in [0.2, 0.25) is 0 Å². The maximum Gasteiger partial charge on any atom is 0.263 e. The van der Waals surface area contributed by atoms with Crippen LogP contribution in [-0.4, -0.2) is 34.7 Å². The van der Waals surface area contributed by atoms with E-state index in [1.807, 2.05) is 13.8 Å². The van der Waals surface area contributed by atoms with Gasteiger partial charge in [-0.05, 0) is 25.8 Å². The summed E-state index contributed by atoms with van der Waals surface area (Å²) in [4.78, 5) is 16.5. The minimum atomic E-state index is -0.601. The summed E-state index contributed by atoms with van der Waals surface area (Å²) in [5.41, 5.74) is 1.22. The van der Waals surface area contributed by atoms with Gasteiger partial charge in [0.1, 0.15) is 10.1 Å². The number of carbonyl (C=O) groups excluding carboxylic acids is 1. The fourth-order valence-corrected chi connectivity index (χ4v) is 3.29. The second kappa shape index (κ2) is 8.47. The van der Waals surface area contributed by atoms with E-state index in [-0.39, 0.29) is 5.91 Å². The highest BCUT2D eigenvalue weighted by Gasteiger charge is 2.22. The number of thiocarbonyl (C=S) groups is 1. The average molecular weight is 388 g/mol. The molecule has 134 valence electrons. The fourth-order valence-electron chi connectivity index (χ4n) is 2.26. The monoisotopic (exact) mass is 388 g/mol. The zero-order valence-corrected chi connectivity index (χ0v) is 15.8. The molecule has 8 heteroatoms. The molecule has 2 aromatic heterocycles. The highest BCUT2D eigenvalue weighted by atomic mass is 32.2. The normalized spacial score (nSPS) is 15.6. The molecule has 26 heavy (non-hydrogen) atoms. The van der Waals surface area contributed by atoms with Gasteiger partial charge in [0.05, 0.1) is 10.5 Å². The van der Waals surface area contributed by atoms with Crippen molar-refractivity contribution in [1.29, 1.82) is 0 Å². The molecule has 0 radical (unpaired) electrons. The molecule has 0 aromatic carbocycles. The molecule has 0 aliphatic carbocycles. The number of fused-ring (bicyclic) bond motifs is 1. The van der Waals surface area contributed by atoms with Crippen molar-refractivity contribution in [3.05, 3.63) is 34.7 Å². The Balaban J connectivity index is 1.92. The molecule has 1 N–H and O–H groups in total. The first-order valence-corrected chi connectivity index (χ1v) is 9.20. The highest BCUT2D eigenvalue weighted by molar-refractivity contribution is 8.26. The van der Waals surface area contributed by atoms with Gasteiger partial charge in [-0.25, -0.2) is 0 Å². The molecule has 1 aliphatic rings. The molecular formula is C18H16N2O4S2. The van der Waals surface area contributed by atoms with Crippen molar-refractivity contribution >= 4 is 51.3 Å². The first-order chi connectivity index (χ1) is 12.6. The maximum absolute atomic E-state index is 11.8. The lowest BCUT2D eigenvalue weighted by Gasteiger charge is -2.09. The molecule has 0 spiro atoms. The number of nitrogens with zero attached hydrogens (tertiary/aromatic N) is 1. The van der Waals surface area contributed by atoms with Gasteiger partial charge >= 0.3 is 0 Å². The van der Waals surface area contributed by atoms with E-state index in [4.69, 9.17) is 26.1 Å². The van der Waals surface area contributed by atoms with Crippen LogP contribution in [0, 0.1) is 11.8 Å². The standard InChI is InChI=1S/C18H16N2O4S2/c1-3-22-15(23-4-2)6-5-11-9-19-10-12-7-13(24-16(11)12)8-14-17(21)20-18(25)26-14/h7-10,15H,3-4H2,1-2H3,(H,20,21,25)/b14-8-. The Morgan fingerprint density at radius 2 is 2.15 bits per heavy atom. The van der Waals surface area contributed by atoms with E-state index < -0.39 is 6.29 Å². The van der Waals surface area contributed by atoms with E-state index in [1.54, 1.807) is 24.5 Å². The number of furan rings is 1. The smallest absolute Gasteiger partial charge is 0.263 e. The van der Waals surface area contributed by atoms with Crippen LogP contribution in [0.3, 0.4) is 0 Å². The molecule has 6 nitrogen and oxygen atoms in total. The summed E-state index contributed by atoms with van der Waals surface area (Å²) in [5, 5.41) is 3.36. The summed E-state index contributed by atoms with van der Waals surface area (Å²) in [7, 11) is 0. The molecule has 1 fully saturated rings. The number of rotatable bonds is 5. The number of aromatic nitrogens is 1. The molecule has 0 unspecified atom stereocenters. The Bertz CT molecular complexity index is 934. The van der Waals surface area contributed by atoms with Crippen molar-refractivity contribution in [3.8, 4) is 11.8 Å². The number of nitrogens with one attached hydrogen (secondary N) is 1. The minimum Gasteiger partial charge on any atom is -0.455 e. The molecule has 0 saturated carbocycles. The second-order valence-corrected chi connectivity index (χ2v) is 6.84. The topological polar surface area (TPSA) is 73.6 Å². The molecule has 0 atom stereocenters. The number of hydrogen-bond donors (Lipinski definition) is 1. The predicted octanol–water partition coefficient (Wildman–Crippen LogP) is 3.07. The van der Waals surface area contributed by atoms with Crippen LogP contribution in [0.5, 0.6) is 0 Å². The van der Waals surface area contributed by atoms with Gasteiger partial charge in [0, 0.05) is 37.1 Å². The van der Waals surface area contributed by atoms with Crippen LogP contribution in [0.15, 0.2) is 27.8 Å². The molecule has 3 rings (SSSR count). The number of carbonyl (C=O) groups is 1. The van der Waals surface area contributed by atoms with Crippen molar-refractivity contribution in [2.45, 2.75) is 20.1 Å². The Hall–Kier alpha value is -2.18. The van der Waals surface area contributed by atoms with E-state index in [9.17, 15) is 4.79 Å². The van der Waals surface area contributed by atoms with Gasteiger partial charge in [0.25, 0.3) is 5.91 Å². The number of pyridine rings is 1. The first-order valence-electron chi connectivity index (χ1n) is 7.97. The summed E-state index contributed by atoms with van der Waals surface area (Å²) in [5.74, 6) is 6.23. The van der Waals surface area contributed by atoms with Gasteiger partial charge < -0.3 is 19.2 Å². The number of ether oxygens (including phenoxy) is 2. The lowest BCUT2D eigenvalue weighted by molar-refractivity contribution is -0.115. The van der Waals surface area contributed by atoms with Gasteiger partial charge in [0.15, 0.2) is 5.58 Å². The summed E-state index contributed by atoms with van der Waals surface area (Å²) in [6.07, 6.45) is 4.36. The van der Waals surface area contributed by atoms with Gasteiger partial charge in [-0.2, -0.15) is 0 Å². The molecular weight excluding hydrogens is 372 g/mol. The average Bonchev–Trinajstić information content (AvgIpc) is 3.15. The van der Waals surface area contributed by atoms with Gasteiger partial charge in [-0.15, -0.1) is 0 Å². The van der Waals surface area contributed by atoms with E-state index in [0.717, 1.165) is 5.39 Å². The van der Waals surface area contributed by atoms with Gasteiger partial charge in [0.2, 0.25) is 6.29 Å². The van der Waals surface area contributed by atoms with Crippen LogP contribution < -0.4 is 5.32 Å². The quantitative estimate of drug-likeness (QED) is 0.365. The Morgan fingerprint density at radius 3 is 2.81 bits per heavy atom. The van der Waals surface area contributed by atoms with Crippen LogP contribution >= 0.6 is 24.0 Å². The molecule has 0 bridgehead atoms. The SMILES string of the molecule is CCOC(C#Cc1cncc2cc(/C=C3\SC(=S)NC3=O)oc12)OCC. The number of thioether (sulfide) groups is 1. The van der Waals surface area contributed by atoms with Gasteiger partial charge in [-0.3, -0.25) is 9.78 Å². The van der Waals surface area contributed by atoms with Crippen molar-refractivity contribution in [2.75, 3.05) is 13.2 Å². The third kappa shape index (κ3) is 4.31. The van der Waals surface area contributed by atoms with E-state index in [1.165, 1.54) is 11.8 Å². The van der Waals surface area contributed by atoms with Gasteiger partial charge in [-0.1, -0.05) is 29.9 Å². The molecule has 1 amide bonds. The molecule has 3 heterocycles. The Kier molecular flexibility index (Phi) is 6.06. The van der Waals surface area contributed by atoms with E-state index in [0.29, 0.717) is 39.3 Å². The third-order valence-corrected chi connectivity index (χ3v) is 4.48. The van der Waals surface area contributed by atoms with Crippen molar-refractivity contribution in [1.82, 2.24) is 10.3 Å². The predicted molar refractivity (Wildman–Crippen MR) is 104 cm³/mol. The third-order valence-electron chi connectivity index (χ3n) is 3.32. The van der Waals surface area contributed by atoms with Crippen LogP contribution in [0.1, 0.15) is 25.2 Å². The van der Waals surface area contributed by atoms with Crippen molar-refractivity contribution < 1.29 is 18.7 Å². The van der Waals surface area contributed by atoms with Crippen molar-refractivity contribution in [3.63, 3.8) is 0 Å². The lowest BCUT2D eigenvalue weighted by Crippen LogP contribution is -2.17. The van der Waals surface area contributed by atoms with Crippen LogP contribution in [0.4, 0.5) is 0 Å². The minimum absolute atomic E-state index is 0.227. The lowest BCUT2D eigenvalue weighted by atomic mass is 10.2. The first kappa shape index (κ1) is 18.6. The zero-order valence-electron chi connectivity index (χ0n) is 14.2. The van der Waals surface area contributed by atoms with Crippen LogP contribution in [-0.2, 0) is 14.3 Å². The molecule has 1 aliphatic heterocycles. The second-order valence-electron chi connectivity index (χ2n) is 5.12. The zero-order chi connectivity index (χ0) is 18.5. The summed E-state index contributed by atoms with van der Waals surface area (Å²) in [6.45, 7) is 4.76. The molecule has 1 saturated heterocycles. The Labute approximate surface area is 160 Å². The largest absolute Gasteiger partial charge is 0.455 e. The summed E-state index contributed by atoms with van der Waals surface area (Å²) < 4.78 is 17.1. The maximum atomic E-state index is 11.8. The Morgan fingerprint density at radius 1 is 1.38 bits per heavy atom. The summed E-state index contributed by atoms with van der Waals surface area (Å²) in [6, 6.07) is 1.80. The van der Waals surface area contributed by atoms with Crippen LogP contribution in [0.25, 0.3) is 17.0 Å². The van der Waals surface area contributed by atoms with Crippen molar-refractivity contribution in [2.24, 2.45) is 0 Å².